The van der Waals surface area contributed by atoms with Crippen molar-refractivity contribution in [3.8, 4) is 0 Å². The van der Waals surface area contributed by atoms with Gasteiger partial charge in [-0.1, -0.05) is 6.42 Å². The molecule has 0 aliphatic heterocycles. The maximum Gasteiger partial charge on any atom is 0.306 e. The lowest BCUT2D eigenvalue weighted by Gasteiger charge is -2.22. The summed E-state index contributed by atoms with van der Waals surface area (Å²) in [6.45, 7) is 7.28. The first-order chi connectivity index (χ1) is 7.97. The molecular weight excluding hydrogens is 214 g/mol. The minimum atomic E-state index is -0.0207. The molecule has 0 spiro atoms. The van der Waals surface area contributed by atoms with Crippen molar-refractivity contribution in [2.75, 3.05) is 6.54 Å². The van der Waals surface area contributed by atoms with Gasteiger partial charge in [-0.3, -0.25) is 4.79 Å². The highest BCUT2D eigenvalue weighted by atomic mass is 16.5. The van der Waals surface area contributed by atoms with E-state index in [-0.39, 0.29) is 17.6 Å². The van der Waals surface area contributed by atoms with Gasteiger partial charge >= 0.3 is 5.97 Å². The Morgan fingerprint density at radius 2 is 1.88 bits per heavy atom. The summed E-state index contributed by atoms with van der Waals surface area (Å²) in [5.74, 6) is -0.0207. The third kappa shape index (κ3) is 7.37. The average Bonchev–Trinajstić information content (AvgIpc) is 2.25. The van der Waals surface area contributed by atoms with E-state index in [9.17, 15) is 4.79 Å². The highest BCUT2D eigenvalue weighted by Crippen LogP contribution is 2.20. The molecule has 1 aliphatic rings. The summed E-state index contributed by atoms with van der Waals surface area (Å²) in [5, 5.41) is 3.37. The zero-order chi connectivity index (χ0) is 12.7. The number of nitrogens with one attached hydrogen (secondary N) is 1. The van der Waals surface area contributed by atoms with Gasteiger partial charge in [0.1, 0.15) is 6.10 Å². The Bertz CT molecular complexity index is 227. The van der Waals surface area contributed by atoms with Crippen LogP contribution in [0.5, 0.6) is 0 Å². The minimum absolute atomic E-state index is 0.0207. The summed E-state index contributed by atoms with van der Waals surface area (Å²) < 4.78 is 5.46. The van der Waals surface area contributed by atoms with Crippen molar-refractivity contribution in [2.24, 2.45) is 0 Å². The second-order valence-corrected chi connectivity index (χ2v) is 6.03. The van der Waals surface area contributed by atoms with Crippen LogP contribution in [-0.2, 0) is 9.53 Å². The summed E-state index contributed by atoms with van der Waals surface area (Å²) in [6.07, 6.45) is 7.45. The van der Waals surface area contributed by atoms with Crippen molar-refractivity contribution in [1.29, 1.82) is 0 Å². The van der Waals surface area contributed by atoms with Crippen LogP contribution in [0.15, 0.2) is 0 Å². The maximum atomic E-state index is 11.6. The molecule has 1 N–H and O–H groups in total. The Kier molecular flexibility index (Phi) is 5.96. The first kappa shape index (κ1) is 14.5. The number of carbonyl (C=O) groups is 1. The van der Waals surface area contributed by atoms with Gasteiger partial charge in [-0.25, -0.2) is 0 Å². The number of carbonyl (C=O) groups excluding carboxylic acids is 1. The van der Waals surface area contributed by atoms with E-state index in [0.717, 1.165) is 25.8 Å². The molecule has 3 nitrogen and oxygen atoms in total. The zero-order valence-corrected chi connectivity index (χ0v) is 11.6. The molecule has 0 saturated heterocycles. The minimum Gasteiger partial charge on any atom is -0.462 e. The molecule has 1 aliphatic carbocycles. The quantitative estimate of drug-likeness (QED) is 0.594. The number of esters is 1. The number of ether oxygens (including phenoxy) is 1. The first-order valence-corrected chi connectivity index (χ1v) is 6.92. The average molecular weight is 241 g/mol. The van der Waals surface area contributed by atoms with E-state index in [0.29, 0.717) is 6.42 Å². The molecule has 0 heterocycles. The highest BCUT2D eigenvalue weighted by molar-refractivity contribution is 5.69. The Morgan fingerprint density at radius 3 is 2.47 bits per heavy atom. The predicted molar refractivity (Wildman–Crippen MR) is 70.0 cm³/mol. The molecule has 0 unspecified atom stereocenters. The van der Waals surface area contributed by atoms with Gasteiger partial charge in [0.15, 0.2) is 0 Å². The van der Waals surface area contributed by atoms with Crippen molar-refractivity contribution < 1.29 is 9.53 Å². The Balaban J connectivity index is 2.04. The largest absolute Gasteiger partial charge is 0.462 e. The van der Waals surface area contributed by atoms with E-state index in [1.165, 1.54) is 19.3 Å². The lowest BCUT2D eigenvalue weighted by molar-refractivity contribution is -0.150. The fraction of sp³-hybridized carbons (Fsp3) is 0.929. The van der Waals surface area contributed by atoms with Crippen molar-refractivity contribution in [3.63, 3.8) is 0 Å². The van der Waals surface area contributed by atoms with Gasteiger partial charge in [0.05, 0.1) is 0 Å². The molecule has 0 radical (unpaired) electrons. The molecule has 0 amide bonds. The zero-order valence-electron chi connectivity index (χ0n) is 11.6. The van der Waals surface area contributed by atoms with Crippen LogP contribution in [-0.4, -0.2) is 24.2 Å². The molecule has 0 bridgehead atoms. The second-order valence-electron chi connectivity index (χ2n) is 6.03. The van der Waals surface area contributed by atoms with Crippen molar-refractivity contribution in [1.82, 2.24) is 5.32 Å². The smallest absolute Gasteiger partial charge is 0.306 e. The number of hydrogen-bond donors (Lipinski definition) is 1. The van der Waals surface area contributed by atoms with Crippen LogP contribution < -0.4 is 5.32 Å². The monoisotopic (exact) mass is 241 g/mol. The topological polar surface area (TPSA) is 38.3 Å². The Labute approximate surface area is 105 Å². The fourth-order valence-corrected chi connectivity index (χ4v) is 2.12. The van der Waals surface area contributed by atoms with Gasteiger partial charge < -0.3 is 10.1 Å². The van der Waals surface area contributed by atoms with E-state index in [1.807, 2.05) is 0 Å². The molecule has 0 atom stereocenters. The van der Waals surface area contributed by atoms with Crippen LogP contribution in [0, 0.1) is 0 Å². The summed E-state index contributed by atoms with van der Waals surface area (Å²) >= 11 is 0. The molecule has 1 saturated carbocycles. The van der Waals surface area contributed by atoms with Crippen molar-refractivity contribution in [3.05, 3.63) is 0 Å². The van der Waals surface area contributed by atoms with E-state index < -0.39 is 0 Å². The molecule has 1 fully saturated rings. The second kappa shape index (κ2) is 7.00. The van der Waals surface area contributed by atoms with Gasteiger partial charge in [-0.2, -0.15) is 0 Å². The molecule has 1 rings (SSSR count). The normalized spacial score (nSPS) is 18.1. The molecular formula is C14H27NO2. The Morgan fingerprint density at radius 1 is 1.24 bits per heavy atom. The molecule has 100 valence electrons. The number of rotatable bonds is 5. The Hall–Kier alpha value is -0.570. The third-order valence-electron chi connectivity index (χ3n) is 3.06. The molecule has 0 aromatic rings. The van der Waals surface area contributed by atoms with E-state index >= 15 is 0 Å². The first-order valence-electron chi connectivity index (χ1n) is 6.92. The fourth-order valence-electron chi connectivity index (χ4n) is 2.12. The summed E-state index contributed by atoms with van der Waals surface area (Å²) in [4.78, 5) is 11.6. The lowest BCUT2D eigenvalue weighted by atomic mass is 9.98. The van der Waals surface area contributed by atoms with Gasteiger partial charge in [0.25, 0.3) is 0 Å². The standard InChI is InChI=1S/C14H27NO2/c1-14(2,3)15-11-7-10-13(16)17-12-8-5-4-6-9-12/h12,15H,4-11H2,1-3H3. The highest BCUT2D eigenvalue weighted by Gasteiger charge is 2.17. The molecule has 3 heteroatoms. The van der Waals surface area contributed by atoms with Crippen LogP contribution in [0.3, 0.4) is 0 Å². The maximum absolute atomic E-state index is 11.6. The molecule has 0 aromatic heterocycles. The van der Waals surface area contributed by atoms with Crippen LogP contribution in [0.4, 0.5) is 0 Å². The van der Waals surface area contributed by atoms with Crippen molar-refractivity contribution in [2.45, 2.75) is 77.4 Å². The number of hydrogen-bond acceptors (Lipinski definition) is 3. The van der Waals surface area contributed by atoms with E-state index in [2.05, 4.69) is 26.1 Å². The lowest BCUT2D eigenvalue weighted by Crippen LogP contribution is -2.36. The van der Waals surface area contributed by atoms with Gasteiger partial charge in [-0.15, -0.1) is 0 Å². The van der Waals surface area contributed by atoms with Crippen LogP contribution in [0.2, 0.25) is 0 Å². The third-order valence-corrected chi connectivity index (χ3v) is 3.06. The molecule has 17 heavy (non-hydrogen) atoms. The van der Waals surface area contributed by atoms with Gasteiger partial charge in [-0.05, 0) is 59.4 Å². The van der Waals surface area contributed by atoms with Crippen LogP contribution in [0.1, 0.15) is 65.7 Å². The predicted octanol–water partition coefficient (Wildman–Crippen LogP) is 3.03. The van der Waals surface area contributed by atoms with Crippen LogP contribution >= 0.6 is 0 Å². The van der Waals surface area contributed by atoms with Gasteiger partial charge in [0.2, 0.25) is 0 Å². The van der Waals surface area contributed by atoms with Crippen LogP contribution in [0.25, 0.3) is 0 Å². The summed E-state index contributed by atoms with van der Waals surface area (Å²) in [7, 11) is 0. The van der Waals surface area contributed by atoms with Crippen molar-refractivity contribution >= 4 is 5.97 Å². The summed E-state index contributed by atoms with van der Waals surface area (Å²) in [6, 6.07) is 0. The summed E-state index contributed by atoms with van der Waals surface area (Å²) in [5.41, 5.74) is 0.132. The van der Waals surface area contributed by atoms with Gasteiger partial charge in [0, 0.05) is 12.0 Å². The molecule has 0 aromatic carbocycles. The van der Waals surface area contributed by atoms with E-state index in [4.69, 9.17) is 4.74 Å². The van der Waals surface area contributed by atoms with E-state index in [1.54, 1.807) is 0 Å². The SMILES string of the molecule is CC(C)(C)NCCCC(=O)OC1CCCCC1.